The summed E-state index contributed by atoms with van der Waals surface area (Å²) in [5.41, 5.74) is 1.99. The van der Waals surface area contributed by atoms with Crippen LogP contribution in [0.15, 0.2) is 10.9 Å². The van der Waals surface area contributed by atoms with Crippen LogP contribution in [-0.2, 0) is 4.79 Å². The summed E-state index contributed by atoms with van der Waals surface area (Å²) in [6, 6.07) is -0.591. The molecule has 2 aliphatic rings. The predicted molar refractivity (Wildman–Crippen MR) is 70.1 cm³/mol. The molecule has 0 aromatic carbocycles. The summed E-state index contributed by atoms with van der Waals surface area (Å²) >= 11 is 1.36. The Kier molecular flexibility index (Phi) is 3.26. The second-order valence-electron chi connectivity index (χ2n) is 5.29. The number of carbonyl (C=O) groups is 2. The van der Waals surface area contributed by atoms with Gasteiger partial charge in [-0.05, 0) is 25.2 Å². The minimum atomic E-state index is -0.891. The van der Waals surface area contributed by atoms with Gasteiger partial charge < -0.3 is 10.0 Å². The first-order valence-electron chi connectivity index (χ1n) is 6.62. The Hall–Kier alpha value is -1.43. The van der Waals surface area contributed by atoms with E-state index >= 15 is 0 Å². The number of fused-ring (bicyclic) bond motifs is 1. The van der Waals surface area contributed by atoms with Crippen molar-refractivity contribution in [2.45, 2.75) is 44.2 Å². The Morgan fingerprint density at radius 3 is 2.84 bits per heavy atom. The van der Waals surface area contributed by atoms with E-state index < -0.39 is 12.0 Å². The van der Waals surface area contributed by atoms with E-state index in [0.29, 0.717) is 18.0 Å². The molecule has 1 aliphatic heterocycles. The lowest BCUT2D eigenvalue weighted by atomic mass is 9.84. The van der Waals surface area contributed by atoms with Crippen molar-refractivity contribution in [2.24, 2.45) is 5.92 Å². The van der Waals surface area contributed by atoms with Crippen LogP contribution in [0.1, 0.15) is 42.6 Å². The van der Waals surface area contributed by atoms with E-state index in [1.165, 1.54) is 11.3 Å². The molecule has 2 fully saturated rings. The number of hydrogen-bond donors (Lipinski definition) is 1. The number of carboxylic acid groups (broad SMARTS) is 1. The smallest absolute Gasteiger partial charge is 0.326 e. The zero-order valence-corrected chi connectivity index (χ0v) is 11.3. The van der Waals surface area contributed by atoms with E-state index in [9.17, 15) is 14.7 Å². The summed E-state index contributed by atoms with van der Waals surface area (Å²) in [5.74, 6) is -0.765. The highest BCUT2D eigenvalue weighted by Crippen LogP contribution is 2.40. The summed E-state index contributed by atoms with van der Waals surface area (Å²) in [7, 11) is 0. The number of hydrogen-bond acceptors (Lipinski definition) is 4. The molecule has 102 valence electrons. The first-order chi connectivity index (χ1) is 9.18. The summed E-state index contributed by atoms with van der Waals surface area (Å²) < 4.78 is 0. The van der Waals surface area contributed by atoms with Gasteiger partial charge >= 0.3 is 5.97 Å². The maximum absolute atomic E-state index is 12.5. The number of carbonyl (C=O) groups excluding carboxylic acids is 1. The summed E-state index contributed by atoms with van der Waals surface area (Å²) in [6.45, 7) is 0. The Morgan fingerprint density at radius 2 is 2.16 bits per heavy atom. The minimum Gasteiger partial charge on any atom is -0.480 e. The molecule has 0 unspecified atom stereocenters. The number of aliphatic carboxylic acids is 1. The third kappa shape index (κ3) is 2.14. The molecule has 1 aliphatic carbocycles. The second-order valence-corrected chi connectivity index (χ2v) is 6.01. The predicted octanol–water partition coefficient (Wildman–Crippen LogP) is 2.00. The summed E-state index contributed by atoms with van der Waals surface area (Å²) in [5, 5.41) is 11.1. The van der Waals surface area contributed by atoms with Crippen LogP contribution < -0.4 is 0 Å². The van der Waals surface area contributed by atoms with Crippen LogP contribution in [0, 0.1) is 5.92 Å². The standard InChI is InChI=1S/C13H16N2O3S/c16-12(9-6-19-7-14-9)15-10-4-2-1-3-8(10)5-11(15)13(17)18/h6-8,10-11H,1-5H2,(H,17,18)/t8-,10+,11+/m1/s1. The van der Waals surface area contributed by atoms with Gasteiger partial charge in [0.15, 0.2) is 0 Å². The number of carboxylic acids is 1. The molecule has 5 nitrogen and oxygen atoms in total. The fourth-order valence-electron chi connectivity index (χ4n) is 3.42. The monoisotopic (exact) mass is 280 g/mol. The van der Waals surface area contributed by atoms with E-state index in [2.05, 4.69) is 4.98 Å². The lowest BCUT2D eigenvalue weighted by molar-refractivity contribution is -0.141. The molecule has 1 saturated heterocycles. The van der Waals surface area contributed by atoms with Crippen molar-refractivity contribution in [3.05, 3.63) is 16.6 Å². The molecule has 1 N–H and O–H groups in total. The van der Waals surface area contributed by atoms with Crippen molar-refractivity contribution in [2.75, 3.05) is 0 Å². The molecule has 2 heterocycles. The lowest BCUT2D eigenvalue weighted by Crippen LogP contribution is -2.46. The Labute approximate surface area is 115 Å². The largest absolute Gasteiger partial charge is 0.480 e. The quantitative estimate of drug-likeness (QED) is 0.899. The fraction of sp³-hybridized carbons (Fsp3) is 0.615. The first-order valence-corrected chi connectivity index (χ1v) is 7.56. The maximum atomic E-state index is 12.5. The van der Waals surface area contributed by atoms with Gasteiger partial charge in [-0.25, -0.2) is 9.78 Å². The van der Waals surface area contributed by atoms with Crippen molar-refractivity contribution in [3.8, 4) is 0 Å². The molecule has 0 radical (unpaired) electrons. The van der Waals surface area contributed by atoms with Gasteiger partial charge in [0.2, 0.25) is 0 Å². The van der Waals surface area contributed by atoms with Gasteiger partial charge in [-0.2, -0.15) is 0 Å². The van der Waals surface area contributed by atoms with Gasteiger partial charge in [-0.15, -0.1) is 11.3 Å². The molecule has 1 aromatic rings. The highest BCUT2D eigenvalue weighted by Gasteiger charge is 2.47. The molecule has 3 rings (SSSR count). The van der Waals surface area contributed by atoms with Crippen molar-refractivity contribution in [3.63, 3.8) is 0 Å². The van der Waals surface area contributed by atoms with E-state index in [-0.39, 0.29) is 11.9 Å². The molecule has 0 bridgehead atoms. The molecular formula is C13H16N2O3S. The molecule has 6 heteroatoms. The van der Waals surface area contributed by atoms with E-state index in [1.807, 2.05) is 0 Å². The second kappa shape index (κ2) is 4.92. The number of amides is 1. The van der Waals surface area contributed by atoms with E-state index in [4.69, 9.17) is 0 Å². The van der Waals surface area contributed by atoms with Crippen LogP contribution in [0.25, 0.3) is 0 Å². The van der Waals surface area contributed by atoms with Crippen LogP contribution in [0.4, 0.5) is 0 Å². The number of likely N-dealkylation sites (tertiary alicyclic amines) is 1. The fourth-order valence-corrected chi connectivity index (χ4v) is 3.95. The van der Waals surface area contributed by atoms with Gasteiger partial charge in [0.1, 0.15) is 11.7 Å². The average Bonchev–Trinajstić information content (AvgIpc) is 3.05. The van der Waals surface area contributed by atoms with Crippen molar-refractivity contribution in [1.82, 2.24) is 9.88 Å². The van der Waals surface area contributed by atoms with Crippen molar-refractivity contribution < 1.29 is 14.7 Å². The highest BCUT2D eigenvalue weighted by atomic mass is 32.1. The molecular weight excluding hydrogens is 264 g/mol. The zero-order valence-electron chi connectivity index (χ0n) is 10.5. The minimum absolute atomic E-state index is 0.0871. The van der Waals surface area contributed by atoms with E-state index in [1.54, 1.807) is 15.8 Å². The number of aromatic nitrogens is 1. The first kappa shape index (κ1) is 12.6. The third-order valence-electron chi connectivity index (χ3n) is 4.26. The van der Waals surface area contributed by atoms with Crippen LogP contribution in [0.5, 0.6) is 0 Å². The van der Waals surface area contributed by atoms with Crippen molar-refractivity contribution in [1.29, 1.82) is 0 Å². The molecule has 0 spiro atoms. The van der Waals surface area contributed by atoms with Gasteiger partial charge in [0.05, 0.1) is 5.51 Å². The zero-order chi connectivity index (χ0) is 13.4. The van der Waals surface area contributed by atoms with Gasteiger partial charge in [-0.1, -0.05) is 12.8 Å². The normalized spacial score (nSPS) is 30.1. The number of rotatable bonds is 2. The van der Waals surface area contributed by atoms with Crippen LogP contribution in [0.3, 0.4) is 0 Å². The lowest BCUT2D eigenvalue weighted by Gasteiger charge is -2.32. The molecule has 1 aromatic heterocycles. The van der Waals surface area contributed by atoms with Gasteiger partial charge in [-0.3, -0.25) is 4.79 Å². The van der Waals surface area contributed by atoms with Crippen LogP contribution in [0.2, 0.25) is 0 Å². The highest BCUT2D eigenvalue weighted by molar-refractivity contribution is 7.07. The van der Waals surface area contributed by atoms with Crippen LogP contribution >= 0.6 is 11.3 Å². The number of nitrogens with zero attached hydrogens (tertiary/aromatic N) is 2. The van der Waals surface area contributed by atoms with Crippen molar-refractivity contribution >= 4 is 23.2 Å². The Bertz CT molecular complexity index is 488. The Balaban J connectivity index is 1.90. The maximum Gasteiger partial charge on any atom is 0.326 e. The molecule has 1 amide bonds. The molecule has 3 atom stereocenters. The van der Waals surface area contributed by atoms with Gasteiger partial charge in [0, 0.05) is 11.4 Å². The average molecular weight is 280 g/mol. The number of thiazole rings is 1. The third-order valence-corrected chi connectivity index (χ3v) is 4.85. The molecule has 1 saturated carbocycles. The van der Waals surface area contributed by atoms with Crippen LogP contribution in [-0.4, -0.2) is 39.0 Å². The Morgan fingerprint density at radius 1 is 1.37 bits per heavy atom. The summed E-state index contributed by atoms with van der Waals surface area (Å²) in [4.78, 5) is 29.5. The van der Waals surface area contributed by atoms with E-state index in [0.717, 1.165) is 25.7 Å². The summed E-state index contributed by atoms with van der Waals surface area (Å²) in [6.07, 6.45) is 4.77. The SMILES string of the molecule is O=C(O)[C@@H]1C[C@H]2CCCC[C@@H]2N1C(=O)c1cscn1. The van der Waals surface area contributed by atoms with Gasteiger partial charge in [0.25, 0.3) is 5.91 Å². The topological polar surface area (TPSA) is 70.5 Å². The molecule has 19 heavy (non-hydrogen) atoms.